The average molecular weight is 457 g/mol. The van der Waals surface area contributed by atoms with Crippen molar-refractivity contribution in [1.82, 2.24) is 0 Å². The van der Waals surface area contributed by atoms with Gasteiger partial charge in [0.15, 0.2) is 11.9 Å². The zero-order valence-corrected chi connectivity index (χ0v) is 19.2. The number of hydrogen-bond acceptors (Lipinski definition) is 3. The quantitative estimate of drug-likeness (QED) is 0.342. The molecule has 4 aromatic rings. The molecule has 0 amide bonds. The zero-order valence-electron chi connectivity index (χ0n) is 18.4. The number of aryl methyl sites for hydroxylation is 1. The highest BCUT2D eigenvalue weighted by Gasteiger charge is 2.19. The molecule has 4 rings (SSSR count). The molecule has 0 saturated carbocycles. The highest BCUT2D eigenvalue weighted by Crippen LogP contribution is 2.25. The molecular formula is C27H24N2O3S. The molecule has 166 valence electrons. The van der Waals surface area contributed by atoms with E-state index in [1.807, 2.05) is 90.5 Å². The van der Waals surface area contributed by atoms with Gasteiger partial charge >= 0.3 is 0 Å². The van der Waals surface area contributed by atoms with Crippen molar-refractivity contribution in [1.29, 1.82) is 0 Å². The Morgan fingerprint density at radius 2 is 1.61 bits per heavy atom. The monoisotopic (exact) mass is 456 g/mol. The van der Waals surface area contributed by atoms with Crippen LogP contribution in [0.15, 0.2) is 114 Å². The molecule has 0 unspecified atom stereocenters. The van der Waals surface area contributed by atoms with Crippen LogP contribution in [0.3, 0.4) is 0 Å². The molecule has 0 aliphatic heterocycles. The summed E-state index contributed by atoms with van der Waals surface area (Å²) in [6.45, 7) is 1.91. The molecule has 0 fully saturated rings. The number of pyridine rings is 1. The van der Waals surface area contributed by atoms with Crippen LogP contribution in [0.2, 0.25) is 0 Å². The lowest BCUT2D eigenvalue weighted by Crippen LogP contribution is -2.35. The minimum atomic E-state index is -3.88. The molecule has 1 heterocycles. The van der Waals surface area contributed by atoms with Gasteiger partial charge in [0.2, 0.25) is 5.69 Å². The van der Waals surface area contributed by atoms with Crippen LogP contribution >= 0.6 is 0 Å². The van der Waals surface area contributed by atoms with Crippen LogP contribution in [0.1, 0.15) is 11.1 Å². The standard InChI is InChI=1S/C27H24N2O3S/c1-21-14-16-25(17-15-21)33(30,31)28-20-27(23-11-8-12-24(19-23)32-2)29-18-7-6-13-26(29)22-9-4-3-5-10-22/h3-20H,1-2H3/b27-20-. The molecule has 0 bridgehead atoms. The summed E-state index contributed by atoms with van der Waals surface area (Å²) in [4.78, 5) is 0.149. The minimum Gasteiger partial charge on any atom is -0.574 e. The largest absolute Gasteiger partial charge is 0.574 e. The maximum absolute atomic E-state index is 12.9. The van der Waals surface area contributed by atoms with E-state index in [-0.39, 0.29) is 4.90 Å². The third kappa shape index (κ3) is 5.13. The van der Waals surface area contributed by atoms with Gasteiger partial charge in [-0.05, 0) is 55.5 Å². The van der Waals surface area contributed by atoms with Crippen molar-refractivity contribution in [2.24, 2.45) is 0 Å². The topological polar surface area (TPSA) is 61.4 Å². The molecule has 1 aromatic heterocycles. The Balaban J connectivity index is 1.85. The lowest BCUT2D eigenvalue weighted by molar-refractivity contribution is -0.567. The van der Waals surface area contributed by atoms with E-state index in [1.165, 1.54) is 6.20 Å². The summed E-state index contributed by atoms with van der Waals surface area (Å²) in [5.74, 6) is 0.664. The van der Waals surface area contributed by atoms with Crippen LogP contribution in [0, 0.1) is 6.92 Å². The number of benzene rings is 3. The summed E-state index contributed by atoms with van der Waals surface area (Å²) < 4.78 is 37.3. The molecule has 0 radical (unpaired) electrons. The third-order valence-corrected chi connectivity index (χ3v) is 6.44. The van der Waals surface area contributed by atoms with Crippen LogP contribution in [-0.4, -0.2) is 15.5 Å². The lowest BCUT2D eigenvalue weighted by Gasteiger charge is -2.18. The van der Waals surface area contributed by atoms with Crippen molar-refractivity contribution in [2.75, 3.05) is 7.11 Å². The lowest BCUT2D eigenvalue weighted by atomic mass is 10.1. The van der Waals surface area contributed by atoms with Gasteiger partial charge in [0, 0.05) is 23.3 Å². The first kappa shape index (κ1) is 22.3. The smallest absolute Gasteiger partial charge is 0.218 e. The summed E-state index contributed by atoms with van der Waals surface area (Å²) in [7, 11) is -2.28. The first-order valence-corrected chi connectivity index (χ1v) is 11.9. The van der Waals surface area contributed by atoms with E-state index in [4.69, 9.17) is 4.74 Å². The highest BCUT2D eigenvalue weighted by atomic mass is 32.2. The molecule has 3 aromatic carbocycles. The van der Waals surface area contributed by atoms with Crippen LogP contribution in [0.25, 0.3) is 21.7 Å². The predicted octanol–water partition coefficient (Wildman–Crippen LogP) is 5.57. The fourth-order valence-corrected chi connectivity index (χ4v) is 4.29. The number of aromatic nitrogens is 1. The third-order valence-electron chi connectivity index (χ3n) is 5.19. The fraction of sp³-hybridized carbons (Fsp3) is 0.0741. The summed E-state index contributed by atoms with van der Waals surface area (Å²) >= 11 is 0. The Labute approximate surface area is 194 Å². The number of hydrogen-bond donors (Lipinski definition) is 0. The second-order valence-corrected chi connectivity index (χ2v) is 9.09. The van der Waals surface area contributed by atoms with Crippen LogP contribution in [0.5, 0.6) is 5.75 Å². The van der Waals surface area contributed by atoms with Gasteiger partial charge < -0.3 is 9.46 Å². The zero-order chi connectivity index (χ0) is 23.3. The molecule has 6 heteroatoms. The number of methoxy groups -OCH3 is 1. The summed E-state index contributed by atoms with van der Waals surface area (Å²) in [5, 5.41) is 0. The van der Waals surface area contributed by atoms with E-state index in [1.54, 1.807) is 31.4 Å². The van der Waals surface area contributed by atoms with E-state index < -0.39 is 10.0 Å². The Bertz CT molecular complexity index is 1380. The Hall–Kier alpha value is -3.90. The maximum atomic E-state index is 12.9. The van der Waals surface area contributed by atoms with E-state index >= 15 is 0 Å². The van der Waals surface area contributed by atoms with E-state index in [0.29, 0.717) is 11.4 Å². The predicted molar refractivity (Wildman–Crippen MR) is 130 cm³/mol. The van der Waals surface area contributed by atoms with E-state index in [2.05, 4.69) is 4.72 Å². The van der Waals surface area contributed by atoms with Crippen LogP contribution in [0.4, 0.5) is 0 Å². The second-order valence-electron chi connectivity index (χ2n) is 7.46. The summed E-state index contributed by atoms with van der Waals surface area (Å²) in [6, 6.07) is 29.8. The van der Waals surface area contributed by atoms with Crippen molar-refractivity contribution in [3.05, 3.63) is 125 Å². The van der Waals surface area contributed by atoms with Crippen molar-refractivity contribution in [2.45, 2.75) is 11.8 Å². The maximum Gasteiger partial charge on any atom is 0.218 e. The van der Waals surface area contributed by atoms with Gasteiger partial charge in [-0.3, -0.25) is 0 Å². The highest BCUT2D eigenvalue weighted by molar-refractivity contribution is 7.94. The number of rotatable bonds is 7. The van der Waals surface area contributed by atoms with Gasteiger partial charge in [0.25, 0.3) is 0 Å². The van der Waals surface area contributed by atoms with Gasteiger partial charge in [-0.1, -0.05) is 48.2 Å². The van der Waals surface area contributed by atoms with Gasteiger partial charge in [-0.25, -0.2) is 8.42 Å². The molecule has 0 N–H and O–H groups in total. The van der Waals surface area contributed by atoms with E-state index in [0.717, 1.165) is 22.4 Å². The molecule has 0 spiro atoms. The van der Waals surface area contributed by atoms with E-state index in [9.17, 15) is 8.42 Å². The average Bonchev–Trinajstić information content (AvgIpc) is 2.85. The van der Waals surface area contributed by atoms with Crippen molar-refractivity contribution < 1.29 is 17.7 Å². The molecule has 0 saturated heterocycles. The Kier molecular flexibility index (Phi) is 6.56. The molecule has 5 nitrogen and oxygen atoms in total. The summed E-state index contributed by atoms with van der Waals surface area (Å²) in [5.41, 5.74) is 4.24. The molecular weight excluding hydrogens is 432 g/mol. The van der Waals surface area contributed by atoms with Gasteiger partial charge in [-0.15, -0.1) is 0 Å². The van der Waals surface area contributed by atoms with Gasteiger partial charge in [0.05, 0.1) is 12.0 Å². The van der Waals surface area contributed by atoms with Crippen LogP contribution in [-0.2, 0) is 10.0 Å². The SMILES string of the molecule is COc1cccc(/C(=C/[N-]S(=O)(=O)c2ccc(C)cc2)[n+]2ccccc2-c2ccccc2)c1. The van der Waals surface area contributed by atoms with Crippen molar-refractivity contribution >= 4 is 15.7 Å². The summed E-state index contributed by atoms with van der Waals surface area (Å²) in [6.07, 6.45) is 3.29. The second kappa shape index (κ2) is 9.71. The molecule has 0 aliphatic rings. The molecule has 33 heavy (non-hydrogen) atoms. The Morgan fingerprint density at radius 3 is 2.33 bits per heavy atom. The molecule has 0 atom stereocenters. The number of sulfonamides is 1. The number of nitrogens with zero attached hydrogens (tertiary/aromatic N) is 2. The fourth-order valence-electron chi connectivity index (χ4n) is 3.45. The van der Waals surface area contributed by atoms with Gasteiger partial charge in [0.1, 0.15) is 15.8 Å². The van der Waals surface area contributed by atoms with Crippen molar-refractivity contribution in [3.8, 4) is 17.0 Å². The van der Waals surface area contributed by atoms with Crippen LogP contribution < -0.4 is 9.30 Å². The van der Waals surface area contributed by atoms with Crippen molar-refractivity contribution in [3.63, 3.8) is 0 Å². The number of ether oxygens (including phenoxy) is 1. The minimum absolute atomic E-state index is 0.149. The normalized spacial score (nSPS) is 11.8. The Morgan fingerprint density at radius 1 is 0.879 bits per heavy atom. The van der Waals surface area contributed by atoms with Gasteiger partial charge in [-0.2, -0.15) is 4.57 Å². The first-order valence-electron chi connectivity index (χ1n) is 10.4. The molecule has 0 aliphatic carbocycles. The first-order chi connectivity index (χ1) is 16.0.